The van der Waals surface area contributed by atoms with Gasteiger partial charge in [-0.15, -0.1) is 24.0 Å². The molecule has 0 saturated carbocycles. The van der Waals surface area contributed by atoms with Gasteiger partial charge in [-0.05, 0) is 42.7 Å². The molecule has 0 amide bonds. The Kier molecular flexibility index (Phi) is 10.9. The highest BCUT2D eigenvalue weighted by molar-refractivity contribution is 14.0. The number of guanidine groups is 1. The molecule has 2 N–H and O–H groups in total. The highest BCUT2D eigenvalue weighted by Crippen LogP contribution is 2.27. The fraction of sp³-hybridized carbons (Fsp3) is 0.368. The Morgan fingerprint density at radius 2 is 1.81 bits per heavy atom. The van der Waals surface area contributed by atoms with Crippen LogP contribution >= 0.6 is 35.6 Å². The van der Waals surface area contributed by atoms with Crippen LogP contribution in [0.15, 0.2) is 41.5 Å². The molecule has 0 aliphatic carbocycles. The second kappa shape index (κ2) is 12.6. The zero-order chi connectivity index (χ0) is 18.8. The molecule has 1 aromatic carbocycles. The van der Waals surface area contributed by atoms with Crippen molar-refractivity contribution < 1.29 is 9.47 Å². The van der Waals surface area contributed by atoms with Gasteiger partial charge in [0.05, 0.1) is 20.8 Å². The van der Waals surface area contributed by atoms with Crippen LogP contribution < -0.4 is 20.1 Å². The van der Waals surface area contributed by atoms with Crippen molar-refractivity contribution in [2.24, 2.45) is 4.99 Å². The topological polar surface area (TPSA) is 67.8 Å². The van der Waals surface area contributed by atoms with Crippen molar-refractivity contribution in [3.63, 3.8) is 0 Å². The van der Waals surface area contributed by atoms with Gasteiger partial charge in [-0.25, -0.2) is 9.98 Å². The first-order valence-electron chi connectivity index (χ1n) is 8.49. The number of nitrogens with zero attached hydrogens (tertiary/aromatic N) is 2. The first kappa shape index (κ1) is 23.3. The predicted molar refractivity (Wildman–Crippen MR) is 121 cm³/mol. The largest absolute Gasteiger partial charge is 0.493 e. The van der Waals surface area contributed by atoms with Crippen molar-refractivity contribution in [1.29, 1.82) is 0 Å². The van der Waals surface area contributed by atoms with Crippen LogP contribution in [0.25, 0.3) is 0 Å². The summed E-state index contributed by atoms with van der Waals surface area (Å²) in [5.41, 5.74) is 2.17. The number of aromatic nitrogens is 1. The second-order valence-electron chi connectivity index (χ2n) is 5.55. The summed E-state index contributed by atoms with van der Waals surface area (Å²) in [6, 6.07) is 9.58. The van der Waals surface area contributed by atoms with Crippen LogP contribution in [0.2, 0.25) is 5.15 Å². The van der Waals surface area contributed by atoms with E-state index in [0.717, 1.165) is 36.6 Å². The van der Waals surface area contributed by atoms with E-state index < -0.39 is 0 Å². The predicted octanol–water partition coefficient (Wildman–Crippen LogP) is 3.67. The van der Waals surface area contributed by atoms with Gasteiger partial charge in [-0.2, -0.15) is 0 Å². The Bertz CT molecular complexity index is 726. The molecule has 1 aromatic heterocycles. The molecule has 2 aromatic rings. The van der Waals surface area contributed by atoms with Gasteiger partial charge >= 0.3 is 0 Å². The number of methoxy groups -OCH3 is 2. The maximum atomic E-state index is 5.80. The zero-order valence-corrected chi connectivity index (χ0v) is 18.9. The number of benzene rings is 1. The summed E-state index contributed by atoms with van der Waals surface area (Å²) in [4.78, 5) is 8.71. The standard InChI is InChI=1S/C19H25ClN4O2.HI/c1-4-21-19(22-10-9-14-6-8-18(20)23-12-14)24-13-15-5-7-16(25-2)17(11-15)26-3;/h5-8,11-12H,4,9-10,13H2,1-3H3,(H2,21,22,24);1H. The number of pyridine rings is 1. The Morgan fingerprint density at radius 1 is 1.07 bits per heavy atom. The highest BCUT2D eigenvalue weighted by atomic mass is 127. The van der Waals surface area contributed by atoms with Gasteiger partial charge in [0.2, 0.25) is 0 Å². The Labute approximate surface area is 182 Å². The van der Waals surface area contributed by atoms with Gasteiger partial charge in [0.15, 0.2) is 17.5 Å². The lowest BCUT2D eigenvalue weighted by Crippen LogP contribution is -2.38. The first-order valence-corrected chi connectivity index (χ1v) is 8.87. The third kappa shape index (κ3) is 7.80. The molecule has 2 rings (SSSR count). The molecule has 0 atom stereocenters. The average Bonchev–Trinajstić information content (AvgIpc) is 2.67. The number of aliphatic imine (C=N–C) groups is 1. The van der Waals surface area contributed by atoms with Gasteiger partial charge in [0.1, 0.15) is 5.15 Å². The summed E-state index contributed by atoms with van der Waals surface area (Å²) in [6.07, 6.45) is 2.63. The lowest BCUT2D eigenvalue weighted by Gasteiger charge is -2.12. The molecule has 0 saturated heterocycles. The SMILES string of the molecule is CCNC(=NCc1ccc(OC)c(OC)c1)NCCc1ccc(Cl)nc1.I. The molecule has 27 heavy (non-hydrogen) atoms. The third-order valence-corrected chi connectivity index (χ3v) is 3.93. The van der Waals surface area contributed by atoms with Crippen LogP contribution in [0.4, 0.5) is 0 Å². The van der Waals surface area contributed by atoms with Crippen molar-refractivity contribution in [2.45, 2.75) is 19.9 Å². The van der Waals surface area contributed by atoms with Crippen LogP contribution in [0.3, 0.4) is 0 Å². The number of ether oxygens (including phenoxy) is 2. The summed E-state index contributed by atoms with van der Waals surface area (Å²) in [6.45, 7) is 4.12. The fourth-order valence-electron chi connectivity index (χ4n) is 2.37. The van der Waals surface area contributed by atoms with Crippen molar-refractivity contribution >= 4 is 41.5 Å². The molecule has 0 spiro atoms. The molecule has 6 nitrogen and oxygen atoms in total. The van der Waals surface area contributed by atoms with Crippen molar-refractivity contribution in [2.75, 3.05) is 27.3 Å². The summed E-state index contributed by atoms with van der Waals surface area (Å²) in [5.74, 6) is 2.18. The minimum atomic E-state index is 0. The number of nitrogens with one attached hydrogen (secondary N) is 2. The van der Waals surface area contributed by atoms with E-state index >= 15 is 0 Å². The number of halogens is 2. The minimum Gasteiger partial charge on any atom is -0.493 e. The lowest BCUT2D eigenvalue weighted by atomic mass is 10.2. The van der Waals surface area contributed by atoms with E-state index in [1.54, 1.807) is 26.5 Å². The molecular weight excluding hydrogens is 479 g/mol. The van der Waals surface area contributed by atoms with E-state index in [2.05, 4.69) is 20.6 Å². The smallest absolute Gasteiger partial charge is 0.191 e. The minimum absolute atomic E-state index is 0. The van der Waals surface area contributed by atoms with Crippen LogP contribution in [0, 0.1) is 0 Å². The van der Waals surface area contributed by atoms with E-state index in [9.17, 15) is 0 Å². The summed E-state index contributed by atoms with van der Waals surface area (Å²) < 4.78 is 10.6. The first-order chi connectivity index (χ1) is 12.7. The van der Waals surface area contributed by atoms with Crippen molar-refractivity contribution in [3.05, 3.63) is 52.8 Å². The van der Waals surface area contributed by atoms with Crippen LogP contribution in [0.5, 0.6) is 11.5 Å². The maximum absolute atomic E-state index is 5.80. The van der Waals surface area contributed by atoms with Crippen LogP contribution in [-0.4, -0.2) is 38.3 Å². The van der Waals surface area contributed by atoms with E-state index in [4.69, 9.17) is 21.1 Å². The van der Waals surface area contributed by atoms with Gasteiger partial charge < -0.3 is 20.1 Å². The average molecular weight is 505 g/mol. The number of rotatable bonds is 8. The van der Waals surface area contributed by atoms with Gasteiger partial charge in [0.25, 0.3) is 0 Å². The number of hydrogen-bond donors (Lipinski definition) is 2. The summed E-state index contributed by atoms with van der Waals surface area (Å²) in [7, 11) is 3.25. The normalized spacial score (nSPS) is 10.7. The highest BCUT2D eigenvalue weighted by Gasteiger charge is 2.05. The molecule has 0 fully saturated rings. The van der Waals surface area contributed by atoms with E-state index in [1.165, 1.54) is 0 Å². The van der Waals surface area contributed by atoms with Crippen LogP contribution in [0.1, 0.15) is 18.1 Å². The van der Waals surface area contributed by atoms with E-state index in [0.29, 0.717) is 23.2 Å². The lowest BCUT2D eigenvalue weighted by molar-refractivity contribution is 0.354. The number of hydrogen-bond acceptors (Lipinski definition) is 4. The Morgan fingerprint density at radius 3 is 2.44 bits per heavy atom. The zero-order valence-electron chi connectivity index (χ0n) is 15.8. The molecular formula is C19H26ClIN4O2. The molecule has 0 bridgehead atoms. The summed E-state index contributed by atoms with van der Waals surface area (Å²) in [5, 5.41) is 7.08. The molecule has 0 unspecified atom stereocenters. The third-order valence-electron chi connectivity index (χ3n) is 3.71. The maximum Gasteiger partial charge on any atom is 0.191 e. The molecule has 0 aliphatic heterocycles. The Hall–Kier alpha value is -1.74. The van der Waals surface area contributed by atoms with E-state index in [1.807, 2.05) is 31.2 Å². The summed E-state index contributed by atoms with van der Waals surface area (Å²) >= 11 is 5.80. The fourth-order valence-corrected chi connectivity index (χ4v) is 2.48. The van der Waals surface area contributed by atoms with Crippen molar-refractivity contribution in [3.8, 4) is 11.5 Å². The molecule has 1 heterocycles. The van der Waals surface area contributed by atoms with Crippen molar-refractivity contribution in [1.82, 2.24) is 15.6 Å². The molecule has 8 heteroatoms. The second-order valence-corrected chi connectivity index (χ2v) is 5.94. The van der Waals surface area contributed by atoms with Gasteiger partial charge in [0, 0.05) is 19.3 Å². The quantitative estimate of drug-likeness (QED) is 0.249. The van der Waals surface area contributed by atoms with E-state index in [-0.39, 0.29) is 24.0 Å². The van der Waals surface area contributed by atoms with Gasteiger partial charge in [-0.1, -0.05) is 23.7 Å². The Balaban J connectivity index is 0.00000364. The van der Waals surface area contributed by atoms with Gasteiger partial charge in [-0.3, -0.25) is 0 Å². The molecule has 0 aliphatic rings. The van der Waals surface area contributed by atoms with Crippen LogP contribution in [-0.2, 0) is 13.0 Å². The molecule has 0 radical (unpaired) electrons. The molecule has 148 valence electrons. The monoisotopic (exact) mass is 504 g/mol.